The molecule has 0 fully saturated rings. The van der Waals surface area contributed by atoms with E-state index in [0.717, 1.165) is 77.0 Å². The molecule has 2 radical (unpaired) electrons. The van der Waals surface area contributed by atoms with E-state index in [-0.39, 0.29) is 59.2 Å². The molecule has 254 valence electrons. The van der Waals surface area contributed by atoms with E-state index in [0.29, 0.717) is 0 Å². The zero-order chi connectivity index (χ0) is 31.3. The number of aliphatic carboxylic acids is 4. The third-order valence-corrected chi connectivity index (χ3v) is 5.94. The minimum absolute atomic E-state index is 0. The maximum Gasteiger partial charge on any atom is 2.00 e. The van der Waals surface area contributed by atoms with Gasteiger partial charge in [0, 0.05) is 23.9 Å². The number of hydrogen-bond donors (Lipinski definition) is 0. The third kappa shape index (κ3) is 77.2. The maximum absolute atomic E-state index is 9.92. The molecule has 0 aliphatic carbocycles. The van der Waals surface area contributed by atoms with Crippen LogP contribution in [-0.2, 0) is 52.7 Å². The average molecular weight is 691 g/mol. The van der Waals surface area contributed by atoms with Crippen LogP contribution < -0.4 is 20.4 Å². The van der Waals surface area contributed by atoms with E-state index in [2.05, 4.69) is 27.7 Å². The number of unbranched alkanes of at least 4 members (excludes halogenated alkanes) is 16. The maximum atomic E-state index is 9.92. The van der Waals surface area contributed by atoms with Crippen LogP contribution in [0.5, 0.6) is 0 Å². The van der Waals surface area contributed by atoms with Gasteiger partial charge >= 0.3 is 33.6 Å². The van der Waals surface area contributed by atoms with Crippen LogP contribution in [0.4, 0.5) is 0 Å². The van der Waals surface area contributed by atoms with Crippen molar-refractivity contribution in [2.75, 3.05) is 0 Å². The minimum atomic E-state index is -0.920. The third-order valence-electron chi connectivity index (χ3n) is 5.94. The quantitative estimate of drug-likeness (QED) is 0.135. The molecule has 0 rings (SSSR count). The molecule has 0 spiro atoms. The van der Waals surface area contributed by atoms with Gasteiger partial charge in [-0.15, -0.1) is 0 Å². The normalized spacial score (nSPS) is 9.24. The van der Waals surface area contributed by atoms with Crippen molar-refractivity contribution in [2.45, 2.75) is 182 Å². The molecule has 0 N–H and O–H groups in total. The van der Waals surface area contributed by atoms with Crippen molar-refractivity contribution < 1.29 is 73.2 Å². The number of carboxylic acid groups (broad SMARTS) is 4. The van der Waals surface area contributed by atoms with Crippen molar-refractivity contribution in [1.29, 1.82) is 0 Å². The molecule has 42 heavy (non-hydrogen) atoms. The van der Waals surface area contributed by atoms with Gasteiger partial charge in [-0.05, 0) is 51.4 Å². The Morgan fingerprint density at radius 3 is 0.571 bits per heavy atom. The molecule has 0 unspecified atom stereocenters. The number of carbonyl (C=O) groups is 4. The average Bonchev–Trinajstić information content (AvgIpc) is 2.89. The molecule has 0 amide bonds. The molecule has 10 heteroatoms. The van der Waals surface area contributed by atoms with Crippen molar-refractivity contribution in [1.82, 2.24) is 0 Å². The summed E-state index contributed by atoms with van der Waals surface area (Å²) >= 11 is 0. The summed E-state index contributed by atoms with van der Waals surface area (Å²) in [7, 11) is 0. The first-order chi connectivity index (χ1) is 19.1. The van der Waals surface area contributed by atoms with Crippen LogP contribution in [0.2, 0.25) is 0 Å². The fourth-order valence-corrected chi connectivity index (χ4v) is 3.49. The summed E-state index contributed by atoms with van der Waals surface area (Å²) in [5, 5.41) is 39.7. The summed E-state index contributed by atoms with van der Waals surface area (Å²) in [6, 6.07) is 0. The summed E-state index contributed by atoms with van der Waals surface area (Å²) in [4.78, 5) is 39.7. The Bertz CT molecular complexity index is 465. The Morgan fingerprint density at radius 2 is 0.452 bits per heavy atom. The number of carbonyl (C=O) groups excluding carboxylic acids is 4. The monoisotopic (exact) mass is 690 g/mol. The molecular formula is C32H60Co2O8. The van der Waals surface area contributed by atoms with Gasteiger partial charge in [-0.3, -0.25) is 0 Å². The molecule has 0 heterocycles. The van der Waals surface area contributed by atoms with E-state index in [1.807, 2.05) is 0 Å². The second-order valence-corrected chi connectivity index (χ2v) is 10.1. The van der Waals surface area contributed by atoms with Crippen LogP contribution in [0, 0.1) is 0 Å². The van der Waals surface area contributed by atoms with Gasteiger partial charge in [0.15, 0.2) is 0 Å². The van der Waals surface area contributed by atoms with Crippen molar-refractivity contribution in [3.05, 3.63) is 0 Å². The van der Waals surface area contributed by atoms with Crippen LogP contribution in [0.15, 0.2) is 0 Å². The second kappa shape index (κ2) is 49.6. The van der Waals surface area contributed by atoms with E-state index in [9.17, 15) is 39.6 Å². The van der Waals surface area contributed by atoms with Gasteiger partial charge in [-0.25, -0.2) is 0 Å². The minimum Gasteiger partial charge on any atom is -0.550 e. The summed E-state index contributed by atoms with van der Waals surface area (Å²) < 4.78 is 0. The van der Waals surface area contributed by atoms with Crippen LogP contribution in [0.1, 0.15) is 182 Å². The Morgan fingerprint density at radius 1 is 0.310 bits per heavy atom. The Hall–Kier alpha value is -1.11. The van der Waals surface area contributed by atoms with Gasteiger partial charge in [0.25, 0.3) is 0 Å². The molecule has 0 aromatic carbocycles. The molecular weight excluding hydrogens is 630 g/mol. The van der Waals surface area contributed by atoms with E-state index in [4.69, 9.17) is 0 Å². The number of carboxylic acids is 4. The largest absolute Gasteiger partial charge is 2.00 e. The molecule has 0 saturated heterocycles. The Labute approximate surface area is 278 Å². The first-order valence-corrected chi connectivity index (χ1v) is 15.9. The van der Waals surface area contributed by atoms with Gasteiger partial charge < -0.3 is 39.6 Å². The molecule has 0 aliphatic rings. The Kier molecular flexibility index (Phi) is 63.1. The zero-order valence-electron chi connectivity index (χ0n) is 26.9. The van der Waals surface area contributed by atoms with Gasteiger partial charge in [0.1, 0.15) is 0 Å². The summed E-state index contributed by atoms with van der Waals surface area (Å²) in [5.41, 5.74) is 0. The van der Waals surface area contributed by atoms with Gasteiger partial charge in [-0.1, -0.05) is 130 Å². The van der Waals surface area contributed by atoms with Crippen molar-refractivity contribution >= 4 is 23.9 Å². The fraction of sp³-hybridized carbons (Fsp3) is 0.875. The molecule has 0 aliphatic heterocycles. The summed E-state index contributed by atoms with van der Waals surface area (Å²) in [6.45, 7) is 8.55. The molecule has 8 nitrogen and oxygen atoms in total. The van der Waals surface area contributed by atoms with Crippen molar-refractivity contribution in [2.24, 2.45) is 0 Å². The standard InChI is InChI=1S/4C8H16O2.2Co/c4*1-2-3-4-5-6-7-8(9)10;;/h4*2-7H2,1H3,(H,9,10);;/q;;;;2*+2/p-4. The first-order valence-electron chi connectivity index (χ1n) is 15.9. The topological polar surface area (TPSA) is 161 Å². The molecule has 0 aromatic rings. The summed E-state index contributed by atoms with van der Waals surface area (Å²) in [5.74, 6) is -3.68. The number of hydrogen-bond acceptors (Lipinski definition) is 8. The van der Waals surface area contributed by atoms with Crippen molar-refractivity contribution in [3.63, 3.8) is 0 Å². The van der Waals surface area contributed by atoms with Crippen LogP contribution in [0.3, 0.4) is 0 Å². The molecule has 0 bridgehead atoms. The number of rotatable bonds is 24. The van der Waals surface area contributed by atoms with Gasteiger partial charge in [0.05, 0.1) is 0 Å². The van der Waals surface area contributed by atoms with E-state index >= 15 is 0 Å². The molecule has 0 atom stereocenters. The van der Waals surface area contributed by atoms with Crippen LogP contribution >= 0.6 is 0 Å². The smallest absolute Gasteiger partial charge is 0.550 e. The van der Waals surface area contributed by atoms with Crippen molar-refractivity contribution in [3.8, 4) is 0 Å². The molecule has 0 saturated carbocycles. The second-order valence-electron chi connectivity index (χ2n) is 10.1. The van der Waals surface area contributed by atoms with Crippen LogP contribution in [-0.4, -0.2) is 23.9 Å². The SMILES string of the molecule is CCCCCCCC(=O)[O-].CCCCCCCC(=O)[O-].CCCCCCCC(=O)[O-].CCCCCCCC(=O)[O-].[Co+2].[Co+2]. The van der Waals surface area contributed by atoms with Gasteiger partial charge in [0.2, 0.25) is 0 Å². The van der Waals surface area contributed by atoms with E-state index in [1.54, 1.807) is 0 Å². The first kappa shape index (κ1) is 53.5. The van der Waals surface area contributed by atoms with Gasteiger partial charge in [-0.2, -0.15) is 0 Å². The zero-order valence-corrected chi connectivity index (χ0v) is 29.0. The predicted octanol–water partition coefficient (Wildman–Crippen LogP) is 4.38. The predicted molar refractivity (Wildman–Crippen MR) is 154 cm³/mol. The van der Waals surface area contributed by atoms with E-state index < -0.39 is 23.9 Å². The Balaban J connectivity index is -0.000000101. The fourth-order valence-electron chi connectivity index (χ4n) is 3.49. The van der Waals surface area contributed by atoms with Crippen LogP contribution in [0.25, 0.3) is 0 Å². The van der Waals surface area contributed by atoms with E-state index in [1.165, 1.54) is 51.4 Å². The summed E-state index contributed by atoms with van der Waals surface area (Å²) in [6.07, 6.45) is 22.4. The molecule has 0 aromatic heterocycles.